The van der Waals surface area contributed by atoms with Crippen molar-refractivity contribution in [2.24, 2.45) is 0 Å². The van der Waals surface area contributed by atoms with Gasteiger partial charge in [0.25, 0.3) is 0 Å². The highest BCUT2D eigenvalue weighted by atomic mass is 16.6. The van der Waals surface area contributed by atoms with Gasteiger partial charge in [-0.3, -0.25) is 14.9 Å². The highest BCUT2D eigenvalue weighted by Crippen LogP contribution is 2.37. The lowest BCUT2D eigenvalue weighted by atomic mass is 10.1. The van der Waals surface area contributed by atoms with Crippen LogP contribution in [0.3, 0.4) is 0 Å². The van der Waals surface area contributed by atoms with Crippen LogP contribution >= 0.6 is 0 Å². The van der Waals surface area contributed by atoms with Gasteiger partial charge in [0, 0.05) is 11.5 Å². The van der Waals surface area contributed by atoms with Crippen LogP contribution in [0.15, 0.2) is 53.0 Å². The molecule has 1 heterocycles. The summed E-state index contributed by atoms with van der Waals surface area (Å²) in [5.74, 6) is -0.832. The van der Waals surface area contributed by atoms with E-state index in [-0.39, 0.29) is 17.3 Å². The zero-order valence-electron chi connectivity index (χ0n) is 13.1. The third kappa shape index (κ3) is 3.20. The van der Waals surface area contributed by atoms with Crippen molar-refractivity contribution < 1.29 is 24.0 Å². The summed E-state index contributed by atoms with van der Waals surface area (Å²) in [5.41, 5.74) is 0.433. The molecule has 7 heteroatoms. The minimum atomic E-state index is -0.726. The first-order valence-corrected chi connectivity index (χ1v) is 7.26. The van der Waals surface area contributed by atoms with E-state index >= 15 is 0 Å². The first-order valence-electron chi connectivity index (χ1n) is 7.26. The number of ether oxygens (including phenoxy) is 1. The average molecular weight is 339 g/mol. The van der Waals surface area contributed by atoms with Crippen molar-refractivity contribution in [3.8, 4) is 11.5 Å². The Balaban J connectivity index is 1.91. The van der Waals surface area contributed by atoms with E-state index in [0.29, 0.717) is 11.1 Å². The molecular weight excluding hydrogens is 326 g/mol. The fourth-order valence-corrected chi connectivity index (χ4v) is 2.36. The van der Waals surface area contributed by atoms with Gasteiger partial charge in [0.1, 0.15) is 5.58 Å². The third-order valence-corrected chi connectivity index (χ3v) is 3.59. The summed E-state index contributed by atoms with van der Waals surface area (Å²) < 4.78 is 10.4. The fraction of sp³-hybridized carbons (Fsp3) is 0.0556. The molecule has 3 rings (SSSR count). The molecule has 1 aromatic heterocycles. The molecule has 0 spiro atoms. The summed E-state index contributed by atoms with van der Waals surface area (Å²) in [6.07, 6.45) is 2.64. The Bertz CT molecular complexity index is 969. The van der Waals surface area contributed by atoms with Crippen molar-refractivity contribution >= 4 is 28.5 Å². The Morgan fingerprint density at radius 2 is 2.04 bits per heavy atom. The van der Waals surface area contributed by atoms with Gasteiger partial charge in [0.05, 0.1) is 12.0 Å². The maximum absolute atomic E-state index is 12.2. The summed E-state index contributed by atoms with van der Waals surface area (Å²) in [6, 6.07) is 11.4. The Morgan fingerprint density at radius 1 is 1.28 bits per heavy atom. The molecule has 0 aliphatic rings. The van der Waals surface area contributed by atoms with E-state index in [0.717, 1.165) is 11.5 Å². The van der Waals surface area contributed by atoms with Gasteiger partial charge in [-0.15, -0.1) is 0 Å². The van der Waals surface area contributed by atoms with Crippen LogP contribution in [0.2, 0.25) is 0 Å². The zero-order chi connectivity index (χ0) is 18.0. The number of methoxy groups -OCH3 is 1. The minimum absolute atomic E-state index is 0.0509. The second-order valence-electron chi connectivity index (χ2n) is 5.19. The fourth-order valence-electron chi connectivity index (χ4n) is 2.36. The molecule has 126 valence electrons. The molecule has 0 radical (unpaired) electrons. The molecule has 0 fully saturated rings. The van der Waals surface area contributed by atoms with Crippen molar-refractivity contribution in [1.29, 1.82) is 0 Å². The SMILES string of the molecule is COc1cc(/C=C/C(=O)c2cc3ccccc3o2)cc([N+](=O)[O-])c1O. The van der Waals surface area contributed by atoms with Crippen LogP contribution in [-0.2, 0) is 0 Å². The first-order chi connectivity index (χ1) is 12.0. The van der Waals surface area contributed by atoms with E-state index in [1.807, 2.05) is 12.1 Å². The number of carbonyl (C=O) groups is 1. The second kappa shape index (κ2) is 6.48. The Kier molecular flexibility index (Phi) is 4.21. The Labute approximate surface area is 141 Å². The van der Waals surface area contributed by atoms with Gasteiger partial charge in [-0.05, 0) is 29.8 Å². The lowest BCUT2D eigenvalue weighted by molar-refractivity contribution is -0.386. The van der Waals surface area contributed by atoms with Crippen molar-refractivity contribution in [2.45, 2.75) is 0 Å². The van der Waals surface area contributed by atoms with Crippen LogP contribution in [0.5, 0.6) is 11.5 Å². The number of fused-ring (bicyclic) bond motifs is 1. The molecule has 0 saturated carbocycles. The zero-order valence-corrected chi connectivity index (χ0v) is 13.1. The molecule has 3 aromatic rings. The predicted octanol–water partition coefficient (Wildman–Crippen LogP) is 3.95. The number of benzene rings is 2. The monoisotopic (exact) mass is 339 g/mol. The molecule has 0 bridgehead atoms. The third-order valence-electron chi connectivity index (χ3n) is 3.59. The largest absolute Gasteiger partial charge is 0.500 e. The molecule has 0 amide bonds. The number of allylic oxidation sites excluding steroid dienone is 1. The van der Waals surface area contributed by atoms with Crippen molar-refractivity contribution in [3.63, 3.8) is 0 Å². The van der Waals surface area contributed by atoms with Gasteiger partial charge in [0.15, 0.2) is 11.5 Å². The number of nitro benzene ring substituents is 1. The minimum Gasteiger partial charge on any atom is -0.500 e. The average Bonchev–Trinajstić information content (AvgIpc) is 3.04. The summed E-state index contributed by atoms with van der Waals surface area (Å²) >= 11 is 0. The van der Waals surface area contributed by atoms with Crippen LogP contribution in [0, 0.1) is 10.1 Å². The number of nitrogens with zero attached hydrogens (tertiary/aromatic N) is 1. The summed E-state index contributed by atoms with van der Waals surface area (Å²) in [5, 5.41) is 21.5. The standard InChI is InChI=1S/C18H13NO6/c1-24-17-9-11(8-13(18(17)21)19(22)23)6-7-14(20)16-10-12-4-2-3-5-15(12)25-16/h2-10,21H,1H3/b7-6+. The highest BCUT2D eigenvalue weighted by molar-refractivity contribution is 6.07. The number of furan rings is 1. The quantitative estimate of drug-likeness (QED) is 0.327. The molecule has 0 aliphatic heterocycles. The van der Waals surface area contributed by atoms with Crippen LogP contribution in [-0.4, -0.2) is 22.9 Å². The lowest BCUT2D eigenvalue weighted by Crippen LogP contribution is -1.94. The summed E-state index contributed by atoms with van der Waals surface area (Å²) in [4.78, 5) is 22.5. The maximum Gasteiger partial charge on any atom is 0.315 e. The molecule has 0 atom stereocenters. The number of aromatic hydroxyl groups is 1. The van der Waals surface area contributed by atoms with E-state index in [1.165, 1.54) is 25.3 Å². The van der Waals surface area contributed by atoms with Gasteiger partial charge in [0.2, 0.25) is 11.5 Å². The smallest absolute Gasteiger partial charge is 0.315 e. The maximum atomic E-state index is 12.2. The number of ketones is 1. The predicted molar refractivity (Wildman–Crippen MR) is 90.9 cm³/mol. The molecule has 7 nitrogen and oxygen atoms in total. The Hall–Kier alpha value is -3.61. The van der Waals surface area contributed by atoms with Crippen LogP contribution < -0.4 is 4.74 Å². The van der Waals surface area contributed by atoms with Crippen molar-refractivity contribution in [2.75, 3.05) is 7.11 Å². The number of phenols is 1. The van der Waals surface area contributed by atoms with Crippen LogP contribution in [0.25, 0.3) is 17.0 Å². The van der Waals surface area contributed by atoms with Crippen molar-refractivity contribution in [1.82, 2.24) is 0 Å². The molecule has 2 aromatic carbocycles. The van der Waals surface area contributed by atoms with Gasteiger partial charge in [-0.2, -0.15) is 0 Å². The van der Waals surface area contributed by atoms with Crippen LogP contribution in [0.1, 0.15) is 16.1 Å². The first kappa shape index (κ1) is 16.3. The summed E-state index contributed by atoms with van der Waals surface area (Å²) in [7, 11) is 1.28. The number of hydrogen-bond acceptors (Lipinski definition) is 6. The molecule has 0 saturated heterocycles. The topological polar surface area (TPSA) is 103 Å². The van der Waals surface area contributed by atoms with E-state index < -0.39 is 16.4 Å². The number of rotatable bonds is 5. The number of hydrogen-bond donors (Lipinski definition) is 1. The molecule has 25 heavy (non-hydrogen) atoms. The molecule has 0 aliphatic carbocycles. The second-order valence-corrected chi connectivity index (χ2v) is 5.19. The molecule has 1 N–H and O–H groups in total. The highest BCUT2D eigenvalue weighted by Gasteiger charge is 2.19. The molecular formula is C18H13NO6. The normalized spacial score (nSPS) is 11.1. The molecule has 0 unspecified atom stereocenters. The van der Waals surface area contributed by atoms with Crippen molar-refractivity contribution in [3.05, 3.63) is 70.0 Å². The van der Waals surface area contributed by atoms with Gasteiger partial charge < -0.3 is 14.3 Å². The number of carbonyl (C=O) groups excluding carboxylic acids is 1. The Morgan fingerprint density at radius 3 is 2.72 bits per heavy atom. The van der Waals surface area contributed by atoms with Gasteiger partial charge in [-0.1, -0.05) is 24.3 Å². The number of phenolic OH excluding ortho intramolecular Hbond substituents is 1. The van der Waals surface area contributed by atoms with Gasteiger partial charge in [-0.25, -0.2) is 0 Å². The summed E-state index contributed by atoms with van der Waals surface area (Å²) in [6.45, 7) is 0. The van der Waals surface area contributed by atoms with E-state index in [2.05, 4.69) is 0 Å². The number of para-hydroxylation sites is 1. The van der Waals surface area contributed by atoms with Crippen LogP contribution in [0.4, 0.5) is 5.69 Å². The van der Waals surface area contributed by atoms with Gasteiger partial charge >= 0.3 is 5.69 Å². The van der Waals surface area contributed by atoms with E-state index in [9.17, 15) is 20.0 Å². The number of nitro groups is 1. The lowest BCUT2D eigenvalue weighted by Gasteiger charge is -2.05. The van der Waals surface area contributed by atoms with E-state index in [1.54, 1.807) is 18.2 Å². The van der Waals surface area contributed by atoms with E-state index in [4.69, 9.17) is 9.15 Å².